The van der Waals surface area contributed by atoms with Crippen molar-refractivity contribution in [2.45, 2.75) is 26.3 Å². The molecule has 0 saturated carbocycles. The van der Waals surface area contributed by atoms with Gasteiger partial charge in [-0.2, -0.15) is 0 Å². The largest absolute Gasteiger partial charge is 0.366 e. The Labute approximate surface area is 130 Å². The van der Waals surface area contributed by atoms with Crippen LogP contribution >= 0.6 is 0 Å². The van der Waals surface area contributed by atoms with E-state index in [-0.39, 0.29) is 5.82 Å². The predicted molar refractivity (Wildman–Crippen MR) is 86.4 cm³/mol. The summed E-state index contributed by atoms with van der Waals surface area (Å²) in [7, 11) is 0. The number of anilines is 2. The zero-order valence-electron chi connectivity index (χ0n) is 12.8. The summed E-state index contributed by atoms with van der Waals surface area (Å²) in [6.45, 7) is 5.00. The quantitative estimate of drug-likeness (QED) is 0.939. The van der Waals surface area contributed by atoms with Gasteiger partial charge in [-0.05, 0) is 36.5 Å². The minimum atomic E-state index is -0.215. The molecule has 1 fully saturated rings. The minimum absolute atomic E-state index is 0.215. The third kappa shape index (κ3) is 3.72. The molecule has 1 aromatic heterocycles. The molecule has 1 saturated heterocycles. The van der Waals surface area contributed by atoms with E-state index in [2.05, 4.69) is 27.1 Å². The van der Waals surface area contributed by atoms with Gasteiger partial charge in [0.1, 0.15) is 23.8 Å². The Kier molecular flexibility index (Phi) is 4.51. The summed E-state index contributed by atoms with van der Waals surface area (Å²) in [5.41, 5.74) is 1.02. The molecule has 4 nitrogen and oxygen atoms in total. The molecule has 1 aliphatic rings. The van der Waals surface area contributed by atoms with Crippen LogP contribution in [-0.2, 0) is 6.54 Å². The standard InChI is InChI=1S/C17H21FN4/c1-13-3-2-8-22(11-13)17-9-16(20-12-21-17)19-10-14-4-6-15(18)7-5-14/h4-7,9,12-13H,2-3,8,10-11H2,1H3,(H,19,20,21). The number of benzene rings is 1. The lowest BCUT2D eigenvalue weighted by atomic mass is 10.0. The highest BCUT2D eigenvalue weighted by molar-refractivity contribution is 5.49. The van der Waals surface area contributed by atoms with Crippen molar-refractivity contribution in [3.05, 3.63) is 48.0 Å². The van der Waals surface area contributed by atoms with Crippen molar-refractivity contribution in [2.75, 3.05) is 23.3 Å². The van der Waals surface area contributed by atoms with Gasteiger partial charge in [0.25, 0.3) is 0 Å². The molecule has 0 radical (unpaired) electrons. The van der Waals surface area contributed by atoms with Gasteiger partial charge in [0.15, 0.2) is 0 Å². The number of halogens is 1. The van der Waals surface area contributed by atoms with Gasteiger partial charge in [0.2, 0.25) is 0 Å². The Morgan fingerprint density at radius 2 is 2.09 bits per heavy atom. The van der Waals surface area contributed by atoms with Gasteiger partial charge < -0.3 is 10.2 Å². The maximum atomic E-state index is 12.9. The Morgan fingerprint density at radius 3 is 2.86 bits per heavy atom. The number of hydrogen-bond donors (Lipinski definition) is 1. The highest BCUT2D eigenvalue weighted by atomic mass is 19.1. The Balaban J connectivity index is 1.64. The molecule has 2 heterocycles. The van der Waals surface area contributed by atoms with Gasteiger partial charge in [-0.3, -0.25) is 0 Å². The normalized spacial score (nSPS) is 18.3. The second kappa shape index (κ2) is 6.73. The van der Waals surface area contributed by atoms with Crippen LogP contribution in [0.4, 0.5) is 16.0 Å². The van der Waals surface area contributed by atoms with Crippen LogP contribution in [0.15, 0.2) is 36.7 Å². The zero-order valence-corrected chi connectivity index (χ0v) is 12.8. The lowest BCUT2D eigenvalue weighted by Gasteiger charge is -2.31. The number of nitrogens with zero attached hydrogens (tertiary/aromatic N) is 3. The van der Waals surface area contributed by atoms with E-state index in [1.807, 2.05) is 6.07 Å². The third-order valence-corrected chi connectivity index (χ3v) is 4.02. The van der Waals surface area contributed by atoms with Gasteiger partial charge in [-0.25, -0.2) is 14.4 Å². The van der Waals surface area contributed by atoms with Crippen LogP contribution < -0.4 is 10.2 Å². The van der Waals surface area contributed by atoms with Gasteiger partial charge in [-0.15, -0.1) is 0 Å². The van der Waals surface area contributed by atoms with E-state index < -0.39 is 0 Å². The van der Waals surface area contributed by atoms with Crippen molar-refractivity contribution >= 4 is 11.6 Å². The molecule has 0 aliphatic carbocycles. The summed E-state index contributed by atoms with van der Waals surface area (Å²) in [5.74, 6) is 2.27. The lowest BCUT2D eigenvalue weighted by Crippen LogP contribution is -2.34. The van der Waals surface area contributed by atoms with E-state index >= 15 is 0 Å². The van der Waals surface area contributed by atoms with E-state index in [0.717, 1.165) is 30.3 Å². The SMILES string of the molecule is CC1CCCN(c2cc(NCc3ccc(F)cc3)ncn2)C1. The Bertz CT molecular complexity index is 614. The molecular formula is C17H21FN4. The van der Waals surface area contributed by atoms with Crippen LogP contribution in [0.1, 0.15) is 25.3 Å². The molecule has 0 bridgehead atoms. The third-order valence-electron chi connectivity index (χ3n) is 4.02. The van der Waals surface area contributed by atoms with Crippen LogP contribution in [0.25, 0.3) is 0 Å². The van der Waals surface area contributed by atoms with Gasteiger partial charge >= 0.3 is 0 Å². The topological polar surface area (TPSA) is 41.0 Å². The van der Waals surface area contributed by atoms with Crippen LogP contribution in [0.2, 0.25) is 0 Å². The monoisotopic (exact) mass is 300 g/mol. The summed E-state index contributed by atoms with van der Waals surface area (Å²) in [5, 5.41) is 3.27. The van der Waals surface area contributed by atoms with Crippen molar-refractivity contribution in [2.24, 2.45) is 5.92 Å². The number of nitrogens with one attached hydrogen (secondary N) is 1. The first kappa shape index (κ1) is 14.8. The van der Waals surface area contributed by atoms with Crippen molar-refractivity contribution in [1.29, 1.82) is 0 Å². The first-order chi connectivity index (χ1) is 10.7. The van der Waals surface area contributed by atoms with Gasteiger partial charge in [0.05, 0.1) is 0 Å². The highest BCUT2D eigenvalue weighted by Gasteiger charge is 2.17. The summed E-state index contributed by atoms with van der Waals surface area (Å²) < 4.78 is 12.9. The van der Waals surface area contributed by atoms with E-state index in [1.54, 1.807) is 18.5 Å². The first-order valence-electron chi connectivity index (χ1n) is 7.76. The molecule has 1 atom stereocenters. The molecule has 1 N–H and O–H groups in total. The summed E-state index contributed by atoms with van der Waals surface area (Å²) in [6, 6.07) is 8.48. The molecule has 5 heteroatoms. The summed E-state index contributed by atoms with van der Waals surface area (Å²) >= 11 is 0. The lowest BCUT2D eigenvalue weighted by molar-refractivity contribution is 0.444. The predicted octanol–water partition coefficient (Wildman–Crippen LogP) is 3.46. The molecule has 3 rings (SSSR count). The van der Waals surface area contributed by atoms with E-state index in [0.29, 0.717) is 12.5 Å². The number of hydrogen-bond acceptors (Lipinski definition) is 4. The van der Waals surface area contributed by atoms with Crippen LogP contribution in [0.3, 0.4) is 0 Å². The van der Waals surface area contributed by atoms with Crippen LogP contribution in [0, 0.1) is 11.7 Å². The smallest absolute Gasteiger partial charge is 0.134 e. The second-order valence-corrected chi connectivity index (χ2v) is 5.93. The van der Waals surface area contributed by atoms with Gasteiger partial charge in [0, 0.05) is 25.7 Å². The molecule has 1 aromatic carbocycles. The van der Waals surface area contributed by atoms with Gasteiger partial charge in [-0.1, -0.05) is 19.1 Å². The number of piperidine rings is 1. The molecule has 0 spiro atoms. The fourth-order valence-electron chi connectivity index (χ4n) is 2.81. The van der Waals surface area contributed by atoms with Crippen molar-refractivity contribution in [3.8, 4) is 0 Å². The van der Waals surface area contributed by atoms with Crippen LogP contribution in [-0.4, -0.2) is 23.1 Å². The number of aromatic nitrogens is 2. The highest BCUT2D eigenvalue weighted by Crippen LogP contribution is 2.22. The van der Waals surface area contributed by atoms with E-state index in [9.17, 15) is 4.39 Å². The van der Waals surface area contributed by atoms with Crippen LogP contribution in [0.5, 0.6) is 0 Å². The maximum absolute atomic E-state index is 12.9. The molecule has 0 amide bonds. The Morgan fingerprint density at radius 1 is 1.27 bits per heavy atom. The van der Waals surface area contributed by atoms with E-state index in [1.165, 1.54) is 25.0 Å². The minimum Gasteiger partial charge on any atom is -0.366 e. The summed E-state index contributed by atoms with van der Waals surface area (Å²) in [6.07, 6.45) is 4.10. The average Bonchev–Trinajstić information content (AvgIpc) is 2.55. The van der Waals surface area contributed by atoms with Crippen molar-refractivity contribution in [1.82, 2.24) is 9.97 Å². The fraction of sp³-hybridized carbons (Fsp3) is 0.412. The molecule has 1 unspecified atom stereocenters. The maximum Gasteiger partial charge on any atom is 0.134 e. The average molecular weight is 300 g/mol. The molecule has 22 heavy (non-hydrogen) atoms. The zero-order chi connectivity index (χ0) is 15.4. The molecule has 1 aliphatic heterocycles. The second-order valence-electron chi connectivity index (χ2n) is 5.93. The number of rotatable bonds is 4. The Hall–Kier alpha value is -2.17. The first-order valence-corrected chi connectivity index (χ1v) is 7.76. The van der Waals surface area contributed by atoms with Crippen molar-refractivity contribution in [3.63, 3.8) is 0 Å². The molecular weight excluding hydrogens is 279 g/mol. The summed E-state index contributed by atoms with van der Waals surface area (Å²) in [4.78, 5) is 11.0. The molecule has 116 valence electrons. The molecule has 2 aromatic rings. The van der Waals surface area contributed by atoms with E-state index in [4.69, 9.17) is 0 Å². The fourth-order valence-corrected chi connectivity index (χ4v) is 2.81. The van der Waals surface area contributed by atoms with Crippen molar-refractivity contribution < 1.29 is 4.39 Å².